The van der Waals surface area contributed by atoms with Crippen LogP contribution in [0.25, 0.3) is 0 Å². The van der Waals surface area contributed by atoms with Crippen LogP contribution in [0, 0.1) is 11.8 Å². The molecule has 0 bridgehead atoms. The third kappa shape index (κ3) is 1.22. The van der Waals surface area contributed by atoms with E-state index >= 15 is 0 Å². The van der Waals surface area contributed by atoms with Crippen molar-refractivity contribution in [1.29, 1.82) is 0 Å². The van der Waals surface area contributed by atoms with Crippen molar-refractivity contribution in [2.24, 2.45) is 11.8 Å². The van der Waals surface area contributed by atoms with Crippen molar-refractivity contribution in [1.82, 2.24) is 4.67 Å². The molecular weight excluding hydrogens is 141 g/mol. The van der Waals surface area contributed by atoms with Gasteiger partial charge in [-0.2, -0.15) is 0 Å². The Morgan fingerprint density at radius 2 is 1.50 bits per heavy atom. The van der Waals surface area contributed by atoms with Gasteiger partial charge in [0, 0.05) is 13.1 Å². The average Bonchev–Trinajstić information content (AvgIpc) is 2.27. The van der Waals surface area contributed by atoms with E-state index in [0.717, 1.165) is 11.8 Å². The van der Waals surface area contributed by atoms with Gasteiger partial charge < -0.3 is 0 Å². The van der Waals surface area contributed by atoms with Crippen molar-refractivity contribution in [3.63, 3.8) is 0 Å². The summed E-state index contributed by atoms with van der Waals surface area (Å²) in [4.78, 5) is 0. The number of rotatable bonds is 0. The van der Waals surface area contributed by atoms with Crippen LogP contribution < -0.4 is 0 Å². The highest BCUT2D eigenvalue weighted by atomic mass is 31.0. The summed E-state index contributed by atoms with van der Waals surface area (Å²) in [7, 11) is 2.84. The topological polar surface area (TPSA) is 3.24 Å². The molecule has 2 rings (SSSR count). The molecule has 1 aliphatic carbocycles. The van der Waals surface area contributed by atoms with Crippen LogP contribution in [0.1, 0.15) is 25.7 Å². The molecule has 2 aliphatic rings. The van der Waals surface area contributed by atoms with Crippen LogP contribution in [0.2, 0.25) is 0 Å². The molecule has 0 radical (unpaired) electrons. The van der Waals surface area contributed by atoms with Crippen molar-refractivity contribution >= 4 is 9.39 Å². The van der Waals surface area contributed by atoms with Gasteiger partial charge >= 0.3 is 0 Å². The molecule has 1 saturated heterocycles. The molecule has 0 spiro atoms. The average molecular weight is 157 g/mol. The second-order valence-electron chi connectivity index (χ2n) is 3.76. The Kier molecular flexibility index (Phi) is 1.97. The summed E-state index contributed by atoms with van der Waals surface area (Å²) < 4.78 is 2.42. The summed E-state index contributed by atoms with van der Waals surface area (Å²) in [5.74, 6) is 2.09. The Balaban J connectivity index is 1.97. The third-order valence-corrected chi connectivity index (χ3v) is 3.43. The van der Waals surface area contributed by atoms with E-state index in [1.54, 1.807) is 0 Å². The van der Waals surface area contributed by atoms with Crippen molar-refractivity contribution in [3.8, 4) is 0 Å². The van der Waals surface area contributed by atoms with Crippen LogP contribution in [0.3, 0.4) is 0 Å². The summed E-state index contributed by atoms with van der Waals surface area (Å²) >= 11 is 0. The predicted molar refractivity (Wildman–Crippen MR) is 46.7 cm³/mol. The molecular formula is C8H16NP. The molecule has 2 fully saturated rings. The quantitative estimate of drug-likeness (QED) is 0.485. The zero-order chi connectivity index (χ0) is 6.97. The van der Waals surface area contributed by atoms with Gasteiger partial charge in [-0.3, -0.25) is 4.67 Å². The first-order chi connectivity index (χ1) is 4.86. The van der Waals surface area contributed by atoms with Gasteiger partial charge in [-0.25, -0.2) is 0 Å². The maximum Gasteiger partial charge on any atom is 0.00478 e. The van der Waals surface area contributed by atoms with E-state index in [2.05, 4.69) is 14.1 Å². The Morgan fingerprint density at radius 3 is 2.00 bits per heavy atom. The van der Waals surface area contributed by atoms with Gasteiger partial charge in [-0.15, -0.1) is 0 Å². The predicted octanol–water partition coefficient (Wildman–Crippen LogP) is 1.90. The van der Waals surface area contributed by atoms with Crippen molar-refractivity contribution in [2.75, 3.05) is 13.1 Å². The minimum Gasteiger partial charge on any atom is -0.287 e. The molecule has 3 unspecified atom stereocenters. The molecule has 0 N–H and O–H groups in total. The monoisotopic (exact) mass is 157 g/mol. The Bertz CT molecular complexity index is 112. The molecule has 1 saturated carbocycles. The SMILES string of the molecule is PN1CC2CCCCC2C1. The molecule has 2 heteroatoms. The maximum absolute atomic E-state index is 2.84. The lowest BCUT2D eigenvalue weighted by Crippen LogP contribution is -2.16. The van der Waals surface area contributed by atoms with Crippen LogP contribution in [0.5, 0.6) is 0 Å². The largest absolute Gasteiger partial charge is 0.287 e. The van der Waals surface area contributed by atoms with E-state index in [1.807, 2.05) is 0 Å². The van der Waals surface area contributed by atoms with Crippen LogP contribution in [-0.2, 0) is 0 Å². The zero-order valence-corrected chi connectivity index (χ0v) is 7.58. The number of nitrogens with zero attached hydrogens (tertiary/aromatic N) is 1. The van der Waals surface area contributed by atoms with Gasteiger partial charge in [-0.05, 0) is 24.7 Å². The molecule has 10 heavy (non-hydrogen) atoms. The minimum atomic E-state index is 1.05. The highest BCUT2D eigenvalue weighted by Gasteiger charge is 2.32. The maximum atomic E-state index is 2.84. The fourth-order valence-electron chi connectivity index (χ4n) is 2.44. The molecule has 1 heterocycles. The summed E-state index contributed by atoms with van der Waals surface area (Å²) in [6, 6.07) is 0. The first-order valence-corrected chi connectivity index (χ1v) is 4.87. The molecule has 58 valence electrons. The first kappa shape index (κ1) is 7.06. The molecule has 0 aromatic heterocycles. The standard InChI is InChI=1S/C8H16NP/c10-9-5-7-3-1-2-4-8(7)6-9/h7-8H,1-6,10H2. The highest BCUT2D eigenvalue weighted by molar-refractivity contribution is 7.13. The lowest BCUT2D eigenvalue weighted by molar-refractivity contribution is 0.299. The number of hydrogen-bond acceptors (Lipinski definition) is 1. The molecule has 1 aliphatic heterocycles. The van der Waals surface area contributed by atoms with Crippen LogP contribution in [0.4, 0.5) is 0 Å². The summed E-state index contributed by atoms with van der Waals surface area (Å²) in [5, 5.41) is 0. The van der Waals surface area contributed by atoms with E-state index in [0.29, 0.717) is 0 Å². The van der Waals surface area contributed by atoms with E-state index in [1.165, 1.54) is 38.8 Å². The fraction of sp³-hybridized carbons (Fsp3) is 1.00. The Morgan fingerprint density at radius 1 is 1.00 bits per heavy atom. The van der Waals surface area contributed by atoms with Crippen LogP contribution in [0.15, 0.2) is 0 Å². The Hall–Kier alpha value is 0.390. The smallest absolute Gasteiger partial charge is 0.00478 e. The van der Waals surface area contributed by atoms with Gasteiger partial charge in [0.1, 0.15) is 0 Å². The van der Waals surface area contributed by atoms with E-state index < -0.39 is 0 Å². The van der Waals surface area contributed by atoms with Gasteiger partial charge in [-0.1, -0.05) is 22.2 Å². The lowest BCUT2D eigenvalue weighted by Gasteiger charge is -2.23. The first-order valence-electron chi connectivity index (χ1n) is 4.36. The minimum absolute atomic E-state index is 1.05. The summed E-state index contributed by atoms with van der Waals surface area (Å²) in [6.07, 6.45) is 5.96. The third-order valence-electron chi connectivity index (χ3n) is 3.00. The number of fused-ring (bicyclic) bond motifs is 1. The zero-order valence-electron chi connectivity index (χ0n) is 6.42. The van der Waals surface area contributed by atoms with Crippen molar-refractivity contribution in [3.05, 3.63) is 0 Å². The van der Waals surface area contributed by atoms with Crippen molar-refractivity contribution < 1.29 is 0 Å². The van der Waals surface area contributed by atoms with Crippen molar-refractivity contribution in [2.45, 2.75) is 25.7 Å². The van der Waals surface area contributed by atoms with E-state index in [4.69, 9.17) is 0 Å². The van der Waals surface area contributed by atoms with Crippen LogP contribution in [-0.4, -0.2) is 17.8 Å². The van der Waals surface area contributed by atoms with E-state index in [9.17, 15) is 0 Å². The summed E-state index contributed by atoms with van der Waals surface area (Å²) in [6.45, 7) is 2.69. The lowest BCUT2D eigenvalue weighted by atomic mass is 9.82. The highest BCUT2D eigenvalue weighted by Crippen LogP contribution is 2.36. The normalized spacial score (nSPS) is 41.7. The molecule has 0 aromatic rings. The second-order valence-corrected chi connectivity index (χ2v) is 4.49. The van der Waals surface area contributed by atoms with Crippen LogP contribution >= 0.6 is 9.39 Å². The van der Waals surface area contributed by atoms with E-state index in [-0.39, 0.29) is 0 Å². The summed E-state index contributed by atoms with van der Waals surface area (Å²) in [5.41, 5.74) is 0. The molecule has 3 atom stereocenters. The van der Waals surface area contributed by atoms with Gasteiger partial charge in [0.15, 0.2) is 0 Å². The molecule has 1 nitrogen and oxygen atoms in total. The van der Waals surface area contributed by atoms with Gasteiger partial charge in [0.05, 0.1) is 0 Å². The second kappa shape index (κ2) is 2.79. The Labute approximate surface area is 65.4 Å². The fourth-order valence-corrected chi connectivity index (χ4v) is 2.98. The van der Waals surface area contributed by atoms with Gasteiger partial charge in [0.2, 0.25) is 0 Å². The van der Waals surface area contributed by atoms with Gasteiger partial charge in [0.25, 0.3) is 0 Å². The number of hydrogen-bond donors (Lipinski definition) is 0. The molecule has 0 amide bonds. The molecule has 0 aromatic carbocycles.